The Morgan fingerprint density at radius 2 is 1.54 bits per heavy atom. The Kier molecular flexibility index (Phi) is 6.08. The number of carbonyl (C=O) groups is 2. The second-order valence-corrected chi connectivity index (χ2v) is 7.09. The predicted octanol–water partition coefficient (Wildman–Crippen LogP) is 5.40. The van der Waals surface area contributed by atoms with E-state index in [9.17, 15) is 19.7 Å². The standard InChI is InChI=1S/C20H12ClNO5S/c21-15-7-9-16(10-8-15)28-18-11-6-14(12-17(18)22(25)26)20(24)27-19(23)13-4-2-1-3-5-13/h1-12H. The Labute approximate surface area is 169 Å². The highest BCUT2D eigenvalue weighted by molar-refractivity contribution is 7.99. The maximum atomic E-state index is 12.2. The minimum atomic E-state index is -0.958. The molecule has 0 aromatic heterocycles. The lowest BCUT2D eigenvalue weighted by atomic mass is 10.2. The van der Waals surface area contributed by atoms with Gasteiger partial charge in [0, 0.05) is 16.0 Å². The molecule has 28 heavy (non-hydrogen) atoms. The van der Waals surface area contributed by atoms with Gasteiger partial charge in [-0.1, -0.05) is 41.6 Å². The number of nitrogens with zero attached hydrogens (tertiary/aromatic N) is 1. The summed E-state index contributed by atoms with van der Waals surface area (Å²) in [6.07, 6.45) is 0. The van der Waals surface area contributed by atoms with Crippen LogP contribution in [0.3, 0.4) is 0 Å². The van der Waals surface area contributed by atoms with E-state index in [2.05, 4.69) is 0 Å². The van der Waals surface area contributed by atoms with Crippen LogP contribution in [0.1, 0.15) is 20.7 Å². The molecule has 0 bridgehead atoms. The highest BCUT2D eigenvalue weighted by Gasteiger charge is 2.21. The molecule has 0 aliphatic carbocycles. The number of hydrogen-bond acceptors (Lipinski definition) is 6. The molecular formula is C20H12ClNO5S. The van der Waals surface area contributed by atoms with E-state index >= 15 is 0 Å². The molecule has 0 saturated heterocycles. The second kappa shape index (κ2) is 8.69. The number of nitro benzene ring substituents is 1. The average Bonchev–Trinajstić information content (AvgIpc) is 2.70. The highest BCUT2D eigenvalue weighted by atomic mass is 35.5. The molecule has 0 radical (unpaired) electrons. The first kappa shape index (κ1) is 19.6. The summed E-state index contributed by atoms with van der Waals surface area (Å²) in [6, 6.07) is 18.7. The van der Waals surface area contributed by atoms with Crippen molar-refractivity contribution in [3.05, 3.63) is 99.1 Å². The monoisotopic (exact) mass is 413 g/mol. The number of ether oxygens (including phenoxy) is 1. The van der Waals surface area contributed by atoms with Crippen LogP contribution in [0, 0.1) is 10.1 Å². The molecule has 140 valence electrons. The van der Waals surface area contributed by atoms with Gasteiger partial charge in [0.2, 0.25) is 0 Å². The van der Waals surface area contributed by atoms with Crippen molar-refractivity contribution in [3.63, 3.8) is 0 Å². The quantitative estimate of drug-likeness (QED) is 0.241. The molecule has 0 unspecified atom stereocenters. The number of hydrogen-bond donors (Lipinski definition) is 0. The van der Waals surface area contributed by atoms with Crippen molar-refractivity contribution in [2.45, 2.75) is 9.79 Å². The van der Waals surface area contributed by atoms with E-state index in [0.717, 1.165) is 22.7 Å². The van der Waals surface area contributed by atoms with E-state index in [1.54, 1.807) is 42.5 Å². The molecule has 0 N–H and O–H groups in total. The van der Waals surface area contributed by atoms with Crippen molar-refractivity contribution in [1.82, 2.24) is 0 Å². The number of rotatable bonds is 5. The van der Waals surface area contributed by atoms with E-state index in [4.69, 9.17) is 16.3 Å². The number of carbonyl (C=O) groups excluding carboxylic acids is 2. The van der Waals surface area contributed by atoms with Gasteiger partial charge in [0.05, 0.1) is 20.9 Å². The molecule has 0 spiro atoms. The maximum Gasteiger partial charge on any atom is 0.346 e. The van der Waals surface area contributed by atoms with Crippen molar-refractivity contribution < 1.29 is 19.2 Å². The number of benzene rings is 3. The van der Waals surface area contributed by atoms with Crippen LogP contribution < -0.4 is 0 Å². The summed E-state index contributed by atoms with van der Waals surface area (Å²) < 4.78 is 4.81. The van der Waals surface area contributed by atoms with E-state index in [1.807, 2.05) is 0 Å². The highest BCUT2D eigenvalue weighted by Crippen LogP contribution is 2.36. The first-order chi connectivity index (χ1) is 13.4. The zero-order chi connectivity index (χ0) is 20.1. The Morgan fingerprint density at radius 3 is 2.18 bits per heavy atom. The molecular weight excluding hydrogens is 402 g/mol. The molecule has 3 aromatic rings. The Balaban J connectivity index is 1.81. The van der Waals surface area contributed by atoms with Crippen LogP contribution in [0.25, 0.3) is 0 Å². The number of esters is 2. The van der Waals surface area contributed by atoms with Crippen molar-refractivity contribution in [2.24, 2.45) is 0 Å². The fourth-order valence-corrected chi connectivity index (χ4v) is 3.31. The van der Waals surface area contributed by atoms with Gasteiger partial charge in [0.1, 0.15) is 0 Å². The summed E-state index contributed by atoms with van der Waals surface area (Å²) in [6.45, 7) is 0. The Hall–Kier alpha value is -3.16. The Morgan fingerprint density at radius 1 is 0.893 bits per heavy atom. The van der Waals surface area contributed by atoms with Crippen LogP contribution in [0.4, 0.5) is 5.69 Å². The summed E-state index contributed by atoms with van der Waals surface area (Å²) in [5, 5.41) is 12.0. The van der Waals surface area contributed by atoms with Gasteiger partial charge < -0.3 is 4.74 Å². The van der Waals surface area contributed by atoms with Gasteiger partial charge in [-0.25, -0.2) is 9.59 Å². The van der Waals surface area contributed by atoms with Crippen molar-refractivity contribution in [2.75, 3.05) is 0 Å². The molecule has 0 heterocycles. The van der Waals surface area contributed by atoms with E-state index in [1.165, 1.54) is 24.3 Å². The summed E-state index contributed by atoms with van der Waals surface area (Å²) in [7, 11) is 0. The molecule has 0 saturated carbocycles. The van der Waals surface area contributed by atoms with E-state index in [0.29, 0.717) is 9.92 Å². The summed E-state index contributed by atoms with van der Waals surface area (Å²) in [5.41, 5.74) is -0.140. The third-order valence-corrected chi connectivity index (χ3v) is 4.95. The average molecular weight is 414 g/mol. The first-order valence-electron chi connectivity index (χ1n) is 7.97. The predicted molar refractivity (Wildman–Crippen MR) is 105 cm³/mol. The van der Waals surface area contributed by atoms with Gasteiger partial charge in [-0.05, 0) is 48.5 Å². The molecule has 0 aliphatic heterocycles. The van der Waals surface area contributed by atoms with Crippen LogP contribution in [0.15, 0.2) is 82.6 Å². The van der Waals surface area contributed by atoms with Gasteiger partial charge in [-0.15, -0.1) is 0 Å². The molecule has 6 nitrogen and oxygen atoms in total. The van der Waals surface area contributed by atoms with Gasteiger partial charge in [0.15, 0.2) is 0 Å². The van der Waals surface area contributed by atoms with Crippen molar-refractivity contribution >= 4 is 41.0 Å². The third-order valence-electron chi connectivity index (χ3n) is 3.63. The summed E-state index contributed by atoms with van der Waals surface area (Å²) in [5.74, 6) is -1.78. The van der Waals surface area contributed by atoms with Gasteiger partial charge in [-0.3, -0.25) is 10.1 Å². The smallest absolute Gasteiger partial charge is 0.346 e. The van der Waals surface area contributed by atoms with Gasteiger partial charge >= 0.3 is 11.9 Å². The summed E-state index contributed by atoms with van der Waals surface area (Å²) in [4.78, 5) is 36.2. The van der Waals surface area contributed by atoms with E-state index < -0.39 is 16.9 Å². The minimum absolute atomic E-state index is 0.0866. The molecule has 0 atom stereocenters. The van der Waals surface area contributed by atoms with Crippen molar-refractivity contribution in [1.29, 1.82) is 0 Å². The molecule has 0 fully saturated rings. The lowest BCUT2D eigenvalue weighted by molar-refractivity contribution is -0.387. The minimum Gasteiger partial charge on any atom is -0.386 e. The fourth-order valence-electron chi connectivity index (χ4n) is 2.28. The second-order valence-electron chi connectivity index (χ2n) is 5.54. The molecule has 3 aromatic carbocycles. The molecule has 0 amide bonds. The lowest BCUT2D eigenvalue weighted by Crippen LogP contribution is -2.13. The molecule has 8 heteroatoms. The van der Waals surface area contributed by atoms with Crippen LogP contribution in [0.2, 0.25) is 5.02 Å². The van der Waals surface area contributed by atoms with Gasteiger partial charge in [-0.2, -0.15) is 0 Å². The van der Waals surface area contributed by atoms with Crippen molar-refractivity contribution in [3.8, 4) is 0 Å². The topological polar surface area (TPSA) is 86.5 Å². The third kappa shape index (κ3) is 4.76. The number of nitro groups is 1. The van der Waals surface area contributed by atoms with E-state index in [-0.39, 0.29) is 16.8 Å². The normalized spacial score (nSPS) is 10.3. The largest absolute Gasteiger partial charge is 0.386 e. The van der Waals surface area contributed by atoms with Crippen LogP contribution in [-0.2, 0) is 4.74 Å². The van der Waals surface area contributed by atoms with Crippen LogP contribution in [0.5, 0.6) is 0 Å². The van der Waals surface area contributed by atoms with Crippen LogP contribution >= 0.6 is 23.4 Å². The lowest BCUT2D eigenvalue weighted by Gasteiger charge is -2.06. The SMILES string of the molecule is O=C(OC(=O)c1ccc(Sc2ccc(Cl)cc2)c([N+](=O)[O-])c1)c1ccccc1. The fraction of sp³-hybridized carbons (Fsp3) is 0. The Bertz CT molecular complexity index is 1040. The molecule has 3 rings (SSSR count). The zero-order valence-corrected chi connectivity index (χ0v) is 15.8. The molecule has 0 aliphatic rings. The maximum absolute atomic E-state index is 12.2. The van der Waals surface area contributed by atoms with Gasteiger partial charge in [0.25, 0.3) is 5.69 Å². The number of halogens is 1. The summed E-state index contributed by atoms with van der Waals surface area (Å²) >= 11 is 7.00. The first-order valence-corrected chi connectivity index (χ1v) is 9.17. The van der Waals surface area contributed by atoms with Crippen LogP contribution in [-0.4, -0.2) is 16.9 Å². The zero-order valence-electron chi connectivity index (χ0n) is 14.2.